The minimum absolute atomic E-state index is 0.0237. The average Bonchev–Trinajstić information content (AvgIpc) is 3.11. The van der Waals surface area contributed by atoms with Gasteiger partial charge >= 0.3 is 0 Å². The van der Waals surface area contributed by atoms with E-state index in [9.17, 15) is 4.79 Å². The van der Waals surface area contributed by atoms with Crippen molar-refractivity contribution in [3.63, 3.8) is 0 Å². The molecule has 2 aromatic carbocycles. The smallest absolute Gasteiger partial charge is 0.233 e. The highest BCUT2D eigenvalue weighted by Crippen LogP contribution is 2.23. The SMILES string of the molecule is Cc1ccc(-n2nnnc2SC(C)C(=O)NCCc2ccccc2)cc1. The molecule has 1 atom stereocenters. The highest BCUT2D eigenvalue weighted by Gasteiger charge is 2.18. The summed E-state index contributed by atoms with van der Waals surface area (Å²) >= 11 is 1.35. The molecule has 7 heteroatoms. The maximum absolute atomic E-state index is 12.3. The van der Waals surface area contributed by atoms with E-state index in [0.29, 0.717) is 11.7 Å². The molecule has 1 aromatic heterocycles. The molecule has 0 fully saturated rings. The highest BCUT2D eigenvalue weighted by atomic mass is 32.2. The Labute approximate surface area is 157 Å². The van der Waals surface area contributed by atoms with Crippen molar-refractivity contribution in [1.29, 1.82) is 0 Å². The molecule has 0 spiro atoms. The number of benzene rings is 2. The van der Waals surface area contributed by atoms with Gasteiger partial charge in [0, 0.05) is 6.54 Å². The van der Waals surface area contributed by atoms with E-state index in [1.165, 1.54) is 22.9 Å². The van der Waals surface area contributed by atoms with E-state index >= 15 is 0 Å². The van der Waals surface area contributed by atoms with Gasteiger partial charge in [-0.05, 0) is 48.4 Å². The molecule has 0 saturated carbocycles. The quantitative estimate of drug-likeness (QED) is 0.650. The third kappa shape index (κ3) is 4.70. The molecule has 26 heavy (non-hydrogen) atoms. The van der Waals surface area contributed by atoms with E-state index in [1.807, 2.05) is 56.3 Å². The first-order chi connectivity index (χ1) is 12.6. The lowest BCUT2D eigenvalue weighted by Gasteiger charge is -2.12. The molecule has 0 bridgehead atoms. The van der Waals surface area contributed by atoms with Crippen LogP contribution in [0.25, 0.3) is 5.69 Å². The molecule has 3 aromatic rings. The fraction of sp³-hybridized carbons (Fsp3) is 0.263. The summed E-state index contributed by atoms with van der Waals surface area (Å²) < 4.78 is 1.65. The van der Waals surface area contributed by atoms with Crippen LogP contribution in [0, 0.1) is 6.92 Å². The van der Waals surface area contributed by atoms with E-state index in [-0.39, 0.29) is 11.2 Å². The van der Waals surface area contributed by atoms with Crippen molar-refractivity contribution in [1.82, 2.24) is 25.5 Å². The minimum atomic E-state index is -0.291. The lowest BCUT2D eigenvalue weighted by Crippen LogP contribution is -2.32. The van der Waals surface area contributed by atoms with Crippen LogP contribution in [0.2, 0.25) is 0 Å². The summed E-state index contributed by atoms with van der Waals surface area (Å²) in [4.78, 5) is 12.3. The summed E-state index contributed by atoms with van der Waals surface area (Å²) in [5.74, 6) is -0.0237. The molecular formula is C19H21N5OS. The summed E-state index contributed by atoms with van der Waals surface area (Å²) in [6.45, 7) is 4.49. The number of nitrogens with zero attached hydrogens (tertiary/aromatic N) is 4. The molecule has 0 aliphatic heterocycles. The first-order valence-corrected chi connectivity index (χ1v) is 9.35. The number of carbonyl (C=O) groups excluding carboxylic acids is 1. The predicted molar refractivity (Wildman–Crippen MR) is 102 cm³/mol. The number of rotatable bonds is 7. The van der Waals surface area contributed by atoms with E-state index in [4.69, 9.17) is 0 Å². The second-order valence-corrected chi connectivity index (χ2v) is 7.30. The van der Waals surface area contributed by atoms with E-state index in [1.54, 1.807) is 4.68 Å². The Kier molecular flexibility index (Phi) is 6.01. The Morgan fingerprint density at radius 2 is 1.88 bits per heavy atom. The molecule has 0 aliphatic rings. The van der Waals surface area contributed by atoms with E-state index in [2.05, 4.69) is 33.0 Å². The summed E-state index contributed by atoms with van der Waals surface area (Å²) in [5.41, 5.74) is 3.25. The number of thioether (sulfide) groups is 1. The van der Waals surface area contributed by atoms with Crippen molar-refractivity contribution in [2.45, 2.75) is 30.7 Å². The molecule has 0 saturated heterocycles. The average molecular weight is 367 g/mol. The van der Waals surface area contributed by atoms with Crippen LogP contribution < -0.4 is 5.32 Å². The zero-order valence-corrected chi connectivity index (χ0v) is 15.6. The third-order valence-electron chi connectivity index (χ3n) is 3.93. The molecule has 0 radical (unpaired) electrons. The maximum atomic E-state index is 12.3. The zero-order chi connectivity index (χ0) is 18.4. The van der Waals surface area contributed by atoms with Gasteiger partial charge in [0.2, 0.25) is 11.1 Å². The Hall–Kier alpha value is -2.67. The second-order valence-electron chi connectivity index (χ2n) is 6.00. The van der Waals surface area contributed by atoms with Crippen LogP contribution in [0.5, 0.6) is 0 Å². The van der Waals surface area contributed by atoms with Crippen LogP contribution in [0.1, 0.15) is 18.1 Å². The van der Waals surface area contributed by atoms with E-state index in [0.717, 1.165) is 12.1 Å². The van der Waals surface area contributed by atoms with Gasteiger partial charge in [-0.3, -0.25) is 4.79 Å². The molecule has 134 valence electrons. The monoisotopic (exact) mass is 367 g/mol. The van der Waals surface area contributed by atoms with Crippen LogP contribution in [0.4, 0.5) is 0 Å². The topological polar surface area (TPSA) is 72.7 Å². The van der Waals surface area contributed by atoms with Crippen LogP contribution in [-0.4, -0.2) is 37.9 Å². The maximum Gasteiger partial charge on any atom is 0.233 e. The van der Waals surface area contributed by atoms with Gasteiger partial charge in [0.25, 0.3) is 0 Å². The minimum Gasteiger partial charge on any atom is -0.355 e. The van der Waals surface area contributed by atoms with Crippen molar-refractivity contribution in [2.75, 3.05) is 6.54 Å². The first-order valence-electron chi connectivity index (χ1n) is 8.47. The summed E-state index contributed by atoms with van der Waals surface area (Å²) in [5, 5.41) is 15.1. The van der Waals surface area contributed by atoms with Gasteiger partial charge in [-0.15, -0.1) is 5.10 Å². The predicted octanol–water partition coefficient (Wildman–Crippen LogP) is 2.81. The molecule has 1 N–H and O–H groups in total. The van der Waals surface area contributed by atoms with Gasteiger partial charge < -0.3 is 5.32 Å². The van der Waals surface area contributed by atoms with Crippen molar-refractivity contribution in [2.24, 2.45) is 0 Å². The van der Waals surface area contributed by atoms with Gasteiger partial charge in [0.15, 0.2) is 0 Å². The Balaban J connectivity index is 1.56. The lowest BCUT2D eigenvalue weighted by atomic mass is 10.1. The van der Waals surface area contributed by atoms with Crippen LogP contribution in [0.3, 0.4) is 0 Å². The van der Waals surface area contributed by atoms with Gasteiger partial charge in [-0.25, -0.2) is 0 Å². The Bertz CT molecular complexity index is 848. The Morgan fingerprint density at radius 1 is 1.15 bits per heavy atom. The number of hydrogen-bond acceptors (Lipinski definition) is 5. The number of amides is 1. The summed E-state index contributed by atoms with van der Waals surface area (Å²) in [6, 6.07) is 18.0. The molecule has 3 rings (SSSR count). The van der Waals surface area contributed by atoms with Crippen LogP contribution in [-0.2, 0) is 11.2 Å². The number of nitrogens with one attached hydrogen (secondary N) is 1. The molecule has 1 amide bonds. The number of aromatic nitrogens is 4. The van der Waals surface area contributed by atoms with Crippen molar-refractivity contribution in [3.05, 3.63) is 65.7 Å². The summed E-state index contributed by atoms with van der Waals surface area (Å²) in [7, 11) is 0. The number of tetrazole rings is 1. The van der Waals surface area contributed by atoms with Crippen molar-refractivity contribution in [3.8, 4) is 5.69 Å². The van der Waals surface area contributed by atoms with Crippen LogP contribution >= 0.6 is 11.8 Å². The lowest BCUT2D eigenvalue weighted by molar-refractivity contribution is -0.120. The number of carbonyl (C=O) groups is 1. The van der Waals surface area contributed by atoms with Crippen molar-refractivity contribution >= 4 is 17.7 Å². The second kappa shape index (κ2) is 8.62. The van der Waals surface area contributed by atoms with Gasteiger partial charge in [0.1, 0.15) is 0 Å². The first kappa shape index (κ1) is 18.1. The normalized spacial score (nSPS) is 11.9. The molecule has 6 nitrogen and oxygen atoms in total. The van der Waals surface area contributed by atoms with Gasteiger partial charge in [-0.1, -0.05) is 59.8 Å². The van der Waals surface area contributed by atoms with Crippen molar-refractivity contribution < 1.29 is 4.79 Å². The Morgan fingerprint density at radius 3 is 2.62 bits per heavy atom. The van der Waals surface area contributed by atoms with Gasteiger partial charge in [0.05, 0.1) is 10.9 Å². The third-order valence-corrected chi connectivity index (χ3v) is 4.96. The standard InChI is InChI=1S/C19H21N5OS/c1-14-8-10-17(11-9-14)24-19(21-22-23-24)26-15(2)18(25)20-13-12-16-6-4-3-5-7-16/h3-11,15H,12-13H2,1-2H3,(H,20,25). The van der Waals surface area contributed by atoms with E-state index < -0.39 is 0 Å². The number of hydrogen-bond donors (Lipinski definition) is 1. The molecule has 1 heterocycles. The fourth-order valence-electron chi connectivity index (χ4n) is 2.43. The highest BCUT2D eigenvalue weighted by molar-refractivity contribution is 8.00. The fourth-order valence-corrected chi connectivity index (χ4v) is 3.26. The molecular weight excluding hydrogens is 346 g/mol. The van der Waals surface area contributed by atoms with Crippen LogP contribution in [0.15, 0.2) is 59.8 Å². The van der Waals surface area contributed by atoms with Gasteiger partial charge in [-0.2, -0.15) is 4.68 Å². The molecule has 1 unspecified atom stereocenters. The number of aryl methyl sites for hydroxylation is 1. The summed E-state index contributed by atoms with van der Waals surface area (Å²) in [6.07, 6.45) is 0.811. The zero-order valence-electron chi connectivity index (χ0n) is 14.8. The largest absolute Gasteiger partial charge is 0.355 e. The molecule has 0 aliphatic carbocycles.